The number of hydrogen-bond donors (Lipinski definition) is 0. The monoisotopic (exact) mass is 177 g/mol. The van der Waals surface area contributed by atoms with E-state index in [1.807, 2.05) is 18.2 Å². The summed E-state index contributed by atoms with van der Waals surface area (Å²) in [5.41, 5.74) is 1.86. The van der Waals surface area contributed by atoms with Crippen molar-refractivity contribution in [2.45, 2.75) is 18.8 Å². The van der Waals surface area contributed by atoms with Crippen LogP contribution in [0.3, 0.4) is 0 Å². The summed E-state index contributed by atoms with van der Waals surface area (Å²) in [6.45, 7) is 0. The van der Waals surface area contributed by atoms with E-state index in [-0.39, 0.29) is 0 Å². The number of halogens is 1. The Kier molecular flexibility index (Phi) is 1.78. The second-order valence-corrected chi connectivity index (χ2v) is 3.53. The number of nitriles is 1. The fourth-order valence-corrected chi connectivity index (χ4v) is 1.46. The van der Waals surface area contributed by atoms with Crippen molar-refractivity contribution in [1.29, 1.82) is 5.26 Å². The first kappa shape index (κ1) is 7.64. The molecule has 1 aliphatic carbocycles. The Hall–Kier alpha value is -1.00. The first-order valence-electron chi connectivity index (χ1n) is 4.01. The van der Waals surface area contributed by atoms with E-state index in [1.54, 1.807) is 0 Å². The van der Waals surface area contributed by atoms with Gasteiger partial charge >= 0.3 is 0 Å². The maximum absolute atomic E-state index is 8.71. The quantitative estimate of drug-likeness (QED) is 0.647. The molecule has 0 N–H and O–H groups in total. The Labute approximate surface area is 76.6 Å². The summed E-state index contributed by atoms with van der Waals surface area (Å²) in [6.07, 6.45) is 2.51. The SMILES string of the molecule is N#Cc1cc(C2CC2)ccc1Cl. The molecule has 0 bridgehead atoms. The maximum Gasteiger partial charge on any atom is 0.101 e. The van der Waals surface area contributed by atoms with Crippen molar-refractivity contribution in [2.75, 3.05) is 0 Å². The van der Waals surface area contributed by atoms with Gasteiger partial charge in [-0.25, -0.2) is 0 Å². The van der Waals surface area contributed by atoms with Gasteiger partial charge in [0.25, 0.3) is 0 Å². The summed E-state index contributed by atoms with van der Waals surface area (Å²) < 4.78 is 0. The van der Waals surface area contributed by atoms with E-state index < -0.39 is 0 Å². The molecule has 2 heteroatoms. The number of benzene rings is 1. The van der Waals surface area contributed by atoms with Crippen LogP contribution in [0.4, 0.5) is 0 Å². The third kappa shape index (κ3) is 1.31. The van der Waals surface area contributed by atoms with E-state index in [0.717, 1.165) is 0 Å². The van der Waals surface area contributed by atoms with Crippen LogP contribution in [-0.4, -0.2) is 0 Å². The summed E-state index contributed by atoms with van der Waals surface area (Å²) in [5.74, 6) is 0.689. The Balaban J connectivity index is 2.42. The van der Waals surface area contributed by atoms with Crippen LogP contribution < -0.4 is 0 Å². The van der Waals surface area contributed by atoms with Crippen molar-refractivity contribution >= 4 is 11.6 Å². The first-order chi connectivity index (χ1) is 5.81. The number of nitrogens with zero attached hydrogens (tertiary/aromatic N) is 1. The average Bonchev–Trinajstić information content (AvgIpc) is 2.88. The van der Waals surface area contributed by atoms with E-state index in [9.17, 15) is 0 Å². The van der Waals surface area contributed by atoms with Crippen LogP contribution in [0, 0.1) is 11.3 Å². The lowest BCUT2D eigenvalue weighted by molar-refractivity contribution is 1.13. The second kappa shape index (κ2) is 2.80. The molecular weight excluding hydrogens is 170 g/mol. The molecule has 1 fully saturated rings. The van der Waals surface area contributed by atoms with Gasteiger partial charge in [0.2, 0.25) is 0 Å². The Morgan fingerprint density at radius 1 is 1.42 bits per heavy atom. The van der Waals surface area contributed by atoms with Gasteiger partial charge in [-0.1, -0.05) is 17.7 Å². The molecular formula is C10H8ClN. The third-order valence-corrected chi connectivity index (χ3v) is 2.49. The van der Waals surface area contributed by atoms with E-state index in [0.29, 0.717) is 16.5 Å². The topological polar surface area (TPSA) is 23.8 Å². The van der Waals surface area contributed by atoms with Crippen LogP contribution in [0.25, 0.3) is 0 Å². The molecule has 0 aromatic heterocycles. The molecule has 1 nitrogen and oxygen atoms in total. The summed E-state index contributed by atoms with van der Waals surface area (Å²) in [7, 11) is 0. The van der Waals surface area contributed by atoms with Crippen molar-refractivity contribution in [1.82, 2.24) is 0 Å². The third-order valence-electron chi connectivity index (χ3n) is 2.16. The molecule has 0 saturated heterocycles. The van der Waals surface area contributed by atoms with Gasteiger partial charge in [0.15, 0.2) is 0 Å². The van der Waals surface area contributed by atoms with Gasteiger partial charge in [-0.3, -0.25) is 0 Å². The van der Waals surface area contributed by atoms with E-state index >= 15 is 0 Å². The first-order valence-corrected chi connectivity index (χ1v) is 4.38. The molecule has 1 aromatic rings. The predicted molar refractivity (Wildman–Crippen MR) is 48.1 cm³/mol. The lowest BCUT2D eigenvalue weighted by atomic mass is 10.1. The van der Waals surface area contributed by atoms with Crippen molar-refractivity contribution in [2.24, 2.45) is 0 Å². The summed E-state index contributed by atoms with van der Waals surface area (Å²) in [6, 6.07) is 7.82. The van der Waals surface area contributed by atoms with Gasteiger partial charge in [0.05, 0.1) is 10.6 Å². The van der Waals surface area contributed by atoms with Gasteiger partial charge in [-0.2, -0.15) is 5.26 Å². The molecule has 0 spiro atoms. The lowest BCUT2D eigenvalue weighted by Crippen LogP contribution is -1.82. The molecule has 0 amide bonds. The molecule has 2 rings (SSSR count). The van der Waals surface area contributed by atoms with Crippen LogP contribution in [0.15, 0.2) is 18.2 Å². The zero-order valence-electron chi connectivity index (χ0n) is 6.55. The van der Waals surface area contributed by atoms with Gasteiger partial charge in [0.1, 0.15) is 6.07 Å². The summed E-state index contributed by atoms with van der Waals surface area (Å²) in [4.78, 5) is 0. The lowest BCUT2D eigenvalue weighted by Gasteiger charge is -1.99. The molecule has 12 heavy (non-hydrogen) atoms. The predicted octanol–water partition coefficient (Wildman–Crippen LogP) is 3.09. The van der Waals surface area contributed by atoms with Crippen molar-refractivity contribution < 1.29 is 0 Å². The fourth-order valence-electron chi connectivity index (χ4n) is 1.30. The van der Waals surface area contributed by atoms with Crippen LogP contribution in [0.1, 0.15) is 29.9 Å². The maximum atomic E-state index is 8.71. The minimum absolute atomic E-state index is 0.557. The molecule has 0 heterocycles. The van der Waals surface area contributed by atoms with Crippen molar-refractivity contribution in [3.05, 3.63) is 34.3 Å². The van der Waals surface area contributed by atoms with Gasteiger partial charge in [-0.05, 0) is 36.5 Å². The normalized spacial score (nSPS) is 15.7. The minimum atomic E-state index is 0.557. The van der Waals surface area contributed by atoms with Crippen LogP contribution >= 0.6 is 11.6 Å². The zero-order chi connectivity index (χ0) is 8.55. The molecule has 60 valence electrons. The summed E-state index contributed by atoms with van der Waals surface area (Å²) in [5, 5.41) is 9.27. The molecule has 0 aliphatic heterocycles. The highest BCUT2D eigenvalue weighted by Crippen LogP contribution is 2.40. The molecule has 0 unspecified atom stereocenters. The van der Waals surface area contributed by atoms with E-state index in [4.69, 9.17) is 16.9 Å². The van der Waals surface area contributed by atoms with Gasteiger partial charge in [-0.15, -0.1) is 0 Å². The van der Waals surface area contributed by atoms with Crippen LogP contribution in [-0.2, 0) is 0 Å². The highest BCUT2D eigenvalue weighted by Gasteiger charge is 2.23. The Bertz CT molecular complexity index is 347. The highest BCUT2D eigenvalue weighted by atomic mass is 35.5. The van der Waals surface area contributed by atoms with Crippen molar-refractivity contribution in [3.8, 4) is 6.07 Å². The molecule has 1 aliphatic rings. The zero-order valence-corrected chi connectivity index (χ0v) is 7.30. The summed E-state index contributed by atoms with van der Waals surface area (Å²) >= 11 is 5.80. The van der Waals surface area contributed by atoms with Gasteiger partial charge in [0, 0.05) is 0 Å². The number of hydrogen-bond acceptors (Lipinski definition) is 1. The smallest absolute Gasteiger partial charge is 0.101 e. The van der Waals surface area contributed by atoms with Crippen molar-refractivity contribution in [3.63, 3.8) is 0 Å². The van der Waals surface area contributed by atoms with E-state index in [2.05, 4.69) is 6.07 Å². The van der Waals surface area contributed by atoms with Gasteiger partial charge < -0.3 is 0 Å². The number of rotatable bonds is 1. The highest BCUT2D eigenvalue weighted by molar-refractivity contribution is 6.31. The molecule has 0 atom stereocenters. The van der Waals surface area contributed by atoms with Crippen LogP contribution in [0.2, 0.25) is 5.02 Å². The molecule has 0 radical (unpaired) electrons. The molecule has 1 aromatic carbocycles. The fraction of sp³-hybridized carbons (Fsp3) is 0.300. The second-order valence-electron chi connectivity index (χ2n) is 3.13. The average molecular weight is 178 g/mol. The largest absolute Gasteiger partial charge is 0.192 e. The Morgan fingerprint density at radius 2 is 2.17 bits per heavy atom. The Morgan fingerprint density at radius 3 is 2.75 bits per heavy atom. The van der Waals surface area contributed by atoms with E-state index in [1.165, 1.54) is 18.4 Å². The standard InChI is InChI=1S/C10H8ClN/c11-10-4-3-8(7-1-2-7)5-9(10)6-12/h3-5,7H,1-2H2. The van der Waals surface area contributed by atoms with Crippen LogP contribution in [0.5, 0.6) is 0 Å². The minimum Gasteiger partial charge on any atom is -0.192 e. The molecule has 1 saturated carbocycles.